The third kappa shape index (κ3) is 1.43. The molecule has 0 radical (unpaired) electrons. The van der Waals surface area contributed by atoms with E-state index in [4.69, 9.17) is 5.11 Å². The predicted octanol–water partition coefficient (Wildman–Crippen LogP) is 1.04. The number of hydrogen-bond acceptors (Lipinski definition) is 2. The van der Waals surface area contributed by atoms with Crippen molar-refractivity contribution in [3.05, 3.63) is 17.7 Å². The van der Waals surface area contributed by atoms with Gasteiger partial charge in [0.25, 0.3) is 0 Å². The molecular weight excluding hydrogens is 140 g/mol. The van der Waals surface area contributed by atoms with Crippen molar-refractivity contribution in [1.82, 2.24) is 9.55 Å². The fourth-order valence-electron chi connectivity index (χ4n) is 1.14. The van der Waals surface area contributed by atoms with Gasteiger partial charge in [0.05, 0.1) is 18.5 Å². The maximum absolute atomic E-state index is 8.85. The van der Waals surface area contributed by atoms with Crippen LogP contribution < -0.4 is 0 Å². The molecule has 0 saturated heterocycles. The number of aromatic nitrogens is 2. The summed E-state index contributed by atoms with van der Waals surface area (Å²) in [4.78, 5) is 4.19. The molecule has 0 atom stereocenters. The van der Waals surface area contributed by atoms with Crippen molar-refractivity contribution in [2.75, 3.05) is 0 Å². The van der Waals surface area contributed by atoms with Crippen molar-refractivity contribution in [1.29, 1.82) is 0 Å². The Bertz CT molecular complexity index is 240. The Hall–Kier alpha value is -0.830. The highest BCUT2D eigenvalue weighted by Crippen LogP contribution is 2.12. The van der Waals surface area contributed by atoms with Crippen LogP contribution in [-0.2, 0) is 13.7 Å². The number of hydrogen-bond donors (Lipinski definition) is 1. The third-order valence-corrected chi connectivity index (χ3v) is 1.80. The van der Waals surface area contributed by atoms with E-state index in [2.05, 4.69) is 18.8 Å². The molecule has 0 amide bonds. The van der Waals surface area contributed by atoms with Gasteiger partial charge in [-0.2, -0.15) is 0 Å². The van der Waals surface area contributed by atoms with Gasteiger partial charge in [0.15, 0.2) is 0 Å². The van der Waals surface area contributed by atoms with Gasteiger partial charge in [-0.05, 0) is 0 Å². The van der Waals surface area contributed by atoms with E-state index in [0.29, 0.717) is 5.92 Å². The monoisotopic (exact) mass is 154 g/mol. The Balaban J connectivity index is 3.00. The fourth-order valence-corrected chi connectivity index (χ4v) is 1.14. The summed E-state index contributed by atoms with van der Waals surface area (Å²) in [5.74, 6) is 1.44. The average Bonchev–Trinajstić information content (AvgIpc) is 2.30. The molecule has 0 aliphatic heterocycles. The van der Waals surface area contributed by atoms with Crippen LogP contribution in [0.4, 0.5) is 0 Å². The molecule has 0 aliphatic carbocycles. The van der Waals surface area contributed by atoms with Crippen molar-refractivity contribution in [2.45, 2.75) is 26.4 Å². The van der Waals surface area contributed by atoms with Crippen molar-refractivity contribution in [2.24, 2.45) is 7.05 Å². The lowest BCUT2D eigenvalue weighted by molar-refractivity contribution is 0.272. The summed E-state index contributed by atoms with van der Waals surface area (Å²) in [7, 11) is 1.92. The Morgan fingerprint density at radius 1 is 1.64 bits per heavy atom. The van der Waals surface area contributed by atoms with E-state index in [1.54, 1.807) is 6.20 Å². The molecule has 3 nitrogen and oxygen atoms in total. The molecule has 11 heavy (non-hydrogen) atoms. The van der Waals surface area contributed by atoms with Crippen molar-refractivity contribution >= 4 is 0 Å². The normalized spacial score (nSPS) is 11.0. The number of aliphatic hydroxyl groups is 1. The summed E-state index contributed by atoms with van der Waals surface area (Å²) in [6.45, 7) is 4.24. The maximum atomic E-state index is 8.85. The molecule has 1 N–H and O–H groups in total. The lowest BCUT2D eigenvalue weighted by Gasteiger charge is -2.05. The highest BCUT2D eigenvalue weighted by molar-refractivity contribution is 5.06. The van der Waals surface area contributed by atoms with Crippen LogP contribution in [0.3, 0.4) is 0 Å². The molecular formula is C8H14N2O. The van der Waals surface area contributed by atoms with E-state index in [-0.39, 0.29) is 6.61 Å². The second kappa shape index (κ2) is 3.05. The molecule has 1 rings (SSSR count). The van der Waals surface area contributed by atoms with E-state index in [0.717, 1.165) is 11.5 Å². The van der Waals surface area contributed by atoms with E-state index < -0.39 is 0 Å². The quantitative estimate of drug-likeness (QED) is 0.691. The molecule has 1 heterocycles. The van der Waals surface area contributed by atoms with Crippen LogP contribution in [0.1, 0.15) is 31.3 Å². The summed E-state index contributed by atoms with van der Waals surface area (Å²) >= 11 is 0. The zero-order valence-electron chi connectivity index (χ0n) is 7.20. The zero-order valence-corrected chi connectivity index (χ0v) is 7.20. The zero-order chi connectivity index (χ0) is 8.43. The molecule has 0 aromatic carbocycles. The number of nitrogens with zero attached hydrogens (tertiary/aromatic N) is 2. The standard InChI is InChI=1S/C8H14N2O/c1-6(2)8-9-4-7(5-11)10(8)3/h4,6,11H,5H2,1-3H3. The first-order valence-corrected chi connectivity index (χ1v) is 3.78. The first-order valence-electron chi connectivity index (χ1n) is 3.78. The van der Waals surface area contributed by atoms with Crippen molar-refractivity contribution in [3.63, 3.8) is 0 Å². The highest BCUT2D eigenvalue weighted by Gasteiger charge is 2.07. The Kier molecular flexibility index (Phi) is 2.29. The van der Waals surface area contributed by atoms with Gasteiger partial charge in [-0.25, -0.2) is 4.98 Å². The largest absolute Gasteiger partial charge is 0.390 e. The first-order chi connectivity index (χ1) is 5.16. The minimum atomic E-state index is 0.0657. The lowest BCUT2D eigenvalue weighted by atomic mass is 10.2. The van der Waals surface area contributed by atoms with Crippen molar-refractivity contribution < 1.29 is 5.11 Å². The summed E-state index contributed by atoms with van der Waals surface area (Å²) in [6.07, 6.45) is 1.72. The Labute approximate surface area is 66.7 Å². The van der Waals surface area contributed by atoms with Gasteiger partial charge in [0.2, 0.25) is 0 Å². The molecule has 1 aromatic rings. The molecule has 0 bridgehead atoms. The minimum absolute atomic E-state index is 0.0657. The van der Waals surface area contributed by atoms with Crippen LogP contribution in [0, 0.1) is 0 Å². The molecule has 0 spiro atoms. The SMILES string of the molecule is CC(C)c1ncc(CO)n1C. The summed E-state index contributed by atoms with van der Waals surface area (Å²) < 4.78 is 1.94. The van der Waals surface area contributed by atoms with Crippen LogP contribution in [0.2, 0.25) is 0 Å². The summed E-state index contributed by atoms with van der Waals surface area (Å²) in [6, 6.07) is 0. The first kappa shape index (κ1) is 8.27. The van der Waals surface area contributed by atoms with E-state index in [9.17, 15) is 0 Å². The molecule has 0 aliphatic rings. The van der Waals surface area contributed by atoms with Gasteiger partial charge in [0.1, 0.15) is 5.82 Å². The molecule has 0 fully saturated rings. The molecule has 1 aromatic heterocycles. The second-order valence-electron chi connectivity index (χ2n) is 2.98. The Morgan fingerprint density at radius 2 is 2.27 bits per heavy atom. The van der Waals surface area contributed by atoms with Crippen LogP contribution in [-0.4, -0.2) is 14.7 Å². The second-order valence-corrected chi connectivity index (χ2v) is 2.98. The lowest BCUT2D eigenvalue weighted by Crippen LogP contribution is -2.03. The topological polar surface area (TPSA) is 38.1 Å². The van der Waals surface area contributed by atoms with Gasteiger partial charge in [-0.3, -0.25) is 0 Å². The summed E-state index contributed by atoms with van der Waals surface area (Å²) in [5.41, 5.74) is 0.869. The van der Waals surface area contributed by atoms with E-state index in [1.807, 2.05) is 11.6 Å². The molecule has 0 saturated carbocycles. The number of imidazole rings is 1. The molecule has 3 heteroatoms. The molecule has 0 unspecified atom stereocenters. The highest BCUT2D eigenvalue weighted by atomic mass is 16.3. The maximum Gasteiger partial charge on any atom is 0.111 e. The minimum Gasteiger partial charge on any atom is -0.390 e. The molecule has 62 valence electrons. The van der Waals surface area contributed by atoms with Crippen LogP contribution in [0.15, 0.2) is 6.20 Å². The van der Waals surface area contributed by atoms with Gasteiger partial charge in [-0.1, -0.05) is 13.8 Å². The summed E-state index contributed by atoms with van der Waals surface area (Å²) in [5, 5.41) is 8.85. The van der Waals surface area contributed by atoms with Gasteiger partial charge >= 0.3 is 0 Å². The third-order valence-electron chi connectivity index (χ3n) is 1.80. The smallest absolute Gasteiger partial charge is 0.111 e. The van der Waals surface area contributed by atoms with Gasteiger partial charge in [-0.15, -0.1) is 0 Å². The van der Waals surface area contributed by atoms with Crippen LogP contribution in [0.5, 0.6) is 0 Å². The van der Waals surface area contributed by atoms with Crippen LogP contribution in [0.25, 0.3) is 0 Å². The van der Waals surface area contributed by atoms with Crippen molar-refractivity contribution in [3.8, 4) is 0 Å². The van der Waals surface area contributed by atoms with Crippen LogP contribution >= 0.6 is 0 Å². The average molecular weight is 154 g/mol. The Morgan fingerprint density at radius 3 is 2.55 bits per heavy atom. The van der Waals surface area contributed by atoms with E-state index in [1.165, 1.54) is 0 Å². The number of aliphatic hydroxyl groups excluding tert-OH is 1. The predicted molar refractivity (Wildman–Crippen MR) is 43.2 cm³/mol. The van der Waals surface area contributed by atoms with E-state index >= 15 is 0 Å². The van der Waals surface area contributed by atoms with Gasteiger partial charge in [0, 0.05) is 13.0 Å². The number of rotatable bonds is 2. The fraction of sp³-hybridized carbons (Fsp3) is 0.625. The van der Waals surface area contributed by atoms with Gasteiger partial charge < -0.3 is 9.67 Å².